The lowest BCUT2D eigenvalue weighted by molar-refractivity contribution is 0.705. The van der Waals surface area contributed by atoms with Crippen LogP contribution in [-0.2, 0) is 7.05 Å². The van der Waals surface area contributed by atoms with Gasteiger partial charge in [-0.1, -0.05) is 0 Å². The Labute approximate surface area is 102 Å². The van der Waals surface area contributed by atoms with Crippen molar-refractivity contribution in [1.82, 2.24) is 29.3 Å². The summed E-state index contributed by atoms with van der Waals surface area (Å²) in [5.41, 5.74) is 7.82. The lowest BCUT2D eigenvalue weighted by atomic mass is 10.4. The van der Waals surface area contributed by atoms with Gasteiger partial charge in [0.15, 0.2) is 11.5 Å². The molecule has 0 unspecified atom stereocenters. The van der Waals surface area contributed by atoms with Crippen LogP contribution in [-0.4, -0.2) is 29.3 Å². The van der Waals surface area contributed by atoms with Crippen LogP contribution in [0.5, 0.6) is 0 Å². The van der Waals surface area contributed by atoms with Gasteiger partial charge in [-0.05, 0) is 6.92 Å². The van der Waals surface area contributed by atoms with E-state index in [4.69, 9.17) is 11.1 Å². The summed E-state index contributed by atoms with van der Waals surface area (Å²) in [6.07, 6.45) is 1.53. The van der Waals surface area contributed by atoms with Gasteiger partial charge in [0.25, 0.3) is 0 Å². The number of nitrogen functional groups attached to an aromatic ring is 1. The second-order valence-electron chi connectivity index (χ2n) is 4.02. The van der Waals surface area contributed by atoms with E-state index in [0.29, 0.717) is 11.2 Å². The molecule has 0 fully saturated rings. The molecule has 18 heavy (non-hydrogen) atoms. The molecule has 3 heterocycles. The molecule has 8 nitrogen and oxygen atoms in total. The van der Waals surface area contributed by atoms with Gasteiger partial charge in [0.05, 0.1) is 12.0 Å². The van der Waals surface area contributed by atoms with Gasteiger partial charge in [-0.2, -0.15) is 10.1 Å². The Morgan fingerprint density at radius 3 is 2.89 bits per heavy atom. The van der Waals surface area contributed by atoms with E-state index >= 15 is 0 Å². The quantitative estimate of drug-likeness (QED) is 0.552. The number of imidazole rings is 1. The highest BCUT2D eigenvalue weighted by Gasteiger charge is 2.13. The number of anilines is 1. The number of hydrogen-bond acceptors (Lipinski definition) is 5. The topological polar surface area (TPSA) is 114 Å². The Bertz CT molecular complexity index is 790. The van der Waals surface area contributed by atoms with Crippen LogP contribution in [0.15, 0.2) is 12.4 Å². The first-order valence-corrected chi connectivity index (χ1v) is 5.35. The number of fused-ring (bicyclic) bond motifs is 1. The fourth-order valence-corrected chi connectivity index (χ4v) is 1.99. The molecule has 0 spiro atoms. The van der Waals surface area contributed by atoms with Gasteiger partial charge in [0.1, 0.15) is 11.3 Å². The van der Waals surface area contributed by atoms with Gasteiger partial charge < -0.3 is 10.7 Å². The van der Waals surface area contributed by atoms with E-state index in [9.17, 15) is 0 Å². The lowest BCUT2D eigenvalue weighted by Crippen LogP contribution is -2.25. The van der Waals surface area contributed by atoms with Crippen molar-refractivity contribution in [3.8, 4) is 5.82 Å². The van der Waals surface area contributed by atoms with E-state index in [2.05, 4.69) is 20.1 Å². The highest BCUT2D eigenvalue weighted by Crippen LogP contribution is 2.16. The molecule has 0 saturated carbocycles. The highest BCUT2D eigenvalue weighted by atomic mass is 15.3. The molecule has 3 aromatic heterocycles. The van der Waals surface area contributed by atoms with Crippen molar-refractivity contribution in [3.05, 3.63) is 23.7 Å². The number of aryl methyl sites for hydroxylation is 2. The summed E-state index contributed by atoms with van der Waals surface area (Å²) in [6.45, 7) is 1.89. The van der Waals surface area contributed by atoms with Gasteiger partial charge in [-0.25, -0.2) is 9.55 Å². The molecule has 0 saturated heterocycles. The maximum absolute atomic E-state index is 7.95. The van der Waals surface area contributed by atoms with E-state index in [1.54, 1.807) is 9.25 Å². The maximum atomic E-state index is 7.95. The van der Waals surface area contributed by atoms with Gasteiger partial charge in [0.2, 0.25) is 5.62 Å². The summed E-state index contributed by atoms with van der Waals surface area (Å²) in [7, 11) is 1.81. The molecule has 0 aromatic carbocycles. The molecule has 0 amide bonds. The third kappa shape index (κ3) is 1.32. The summed E-state index contributed by atoms with van der Waals surface area (Å²) in [6, 6.07) is 1.87. The van der Waals surface area contributed by atoms with Crippen LogP contribution in [0.1, 0.15) is 5.69 Å². The van der Waals surface area contributed by atoms with Crippen molar-refractivity contribution in [1.29, 1.82) is 5.41 Å². The Balaban J connectivity index is 2.46. The van der Waals surface area contributed by atoms with Crippen LogP contribution in [0.2, 0.25) is 0 Å². The van der Waals surface area contributed by atoms with E-state index in [0.717, 1.165) is 11.5 Å². The monoisotopic (exact) mass is 244 g/mol. The van der Waals surface area contributed by atoms with E-state index in [1.165, 1.54) is 6.33 Å². The Morgan fingerprint density at radius 1 is 1.44 bits per heavy atom. The van der Waals surface area contributed by atoms with Gasteiger partial charge >= 0.3 is 0 Å². The van der Waals surface area contributed by atoms with Crippen LogP contribution in [0.4, 0.5) is 5.82 Å². The number of aromatic nitrogens is 6. The summed E-state index contributed by atoms with van der Waals surface area (Å²) in [4.78, 5) is 11.1. The molecule has 0 atom stereocenters. The molecule has 3 rings (SSSR count). The number of nitrogens with two attached hydrogens (primary N) is 1. The van der Waals surface area contributed by atoms with Crippen LogP contribution in [0.3, 0.4) is 0 Å². The van der Waals surface area contributed by atoms with Crippen molar-refractivity contribution in [3.63, 3.8) is 0 Å². The standard InChI is InChI=1S/C10H12N8/c1-5-3-6(17(2)16-5)18-9-7(13-4-14-9)8(11)15-10(18)12/h3-4H,1-2H3,(H,13,14)(H3,11,12,15). The predicted molar refractivity (Wildman–Crippen MR) is 65.0 cm³/mol. The summed E-state index contributed by atoms with van der Waals surface area (Å²) in [5, 5.41) is 12.2. The normalized spacial score (nSPS) is 11.2. The van der Waals surface area contributed by atoms with E-state index in [1.807, 2.05) is 20.0 Å². The molecule has 92 valence electrons. The zero-order valence-corrected chi connectivity index (χ0v) is 9.97. The molecular weight excluding hydrogens is 232 g/mol. The fraction of sp³-hybridized carbons (Fsp3) is 0.200. The minimum absolute atomic E-state index is 0.0232. The van der Waals surface area contributed by atoms with Crippen molar-refractivity contribution in [2.75, 3.05) is 5.73 Å². The van der Waals surface area contributed by atoms with Crippen LogP contribution >= 0.6 is 0 Å². The Morgan fingerprint density at radius 2 is 2.22 bits per heavy atom. The molecule has 0 bridgehead atoms. The first-order valence-electron chi connectivity index (χ1n) is 5.35. The summed E-state index contributed by atoms with van der Waals surface area (Å²) >= 11 is 0. The van der Waals surface area contributed by atoms with Crippen LogP contribution in [0.25, 0.3) is 17.0 Å². The van der Waals surface area contributed by atoms with E-state index < -0.39 is 0 Å². The molecule has 0 aliphatic heterocycles. The fourth-order valence-electron chi connectivity index (χ4n) is 1.99. The van der Waals surface area contributed by atoms with Crippen molar-refractivity contribution in [2.45, 2.75) is 6.92 Å². The molecule has 0 radical (unpaired) electrons. The average molecular weight is 244 g/mol. The van der Waals surface area contributed by atoms with Crippen LogP contribution < -0.4 is 11.4 Å². The molecule has 8 heteroatoms. The second kappa shape index (κ2) is 3.42. The predicted octanol–water partition coefficient (Wildman–Crippen LogP) is -0.148. The number of nitrogens with one attached hydrogen (secondary N) is 2. The first-order chi connectivity index (χ1) is 8.58. The number of nitrogens with zero attached hydrogens (tertiary/aromatic N) is 5. The summed E-state index contributed by atoms with van der Waals surface area (Å²) < 4.78 is 3.28. The van der Waals surface area contributed by atoms with Gasteiger partial charge in [-0.15, -0.1) is 0 Å². The third-order valence-electron chi connectivity index (χ3n) is 2.73. The number of hydrogen-bond donors (Lipinski definition) is 3. The average Bonchev–Trinajstić information content (AvgIpc) is 2.87. The zero-order valence-electron chi connectivity index (χ0n) is 9.97. The molecular formula is C10H12N8. The largest absolute Gasteiger partial charge is 0.382 e. The van der Waals surface area contributed by atoms with Gasteiger partial charge in [0, 0.05) is 13.1 Å². The smallest absolute Gasteiger partial charge is 0.231 e. The number of rotatable bonds is 1. The van der Waals surface area contributed by atoms with Crippen LogP contribution in [0, 0.1) is 12.3 Å². The minimum Gasteiger partial charge on any atom is -0.382 e. The van der Waals surface area contributed by atoms with Crippen molar-refractivity contribution >= 4 is 17.0 Å². The van der Waals surface area contributed by atoms with Gasteiger partial charge in [-0.3, -0.25) is 10.1 Å². The van der Waals surface area contributed by atoms with Crippen molar-refractivity contribution in [2.24, 2.45) is 7.05 Å². The first kappa shape index (κ1) is 10.5. The number of H-pyrrole nitrogens is 1. The molecule has 0 aliphatic carbocycles. The maximum Gasteiger partial charge on any atom is 0.231 e. The number of aromatic amines is 1. The SMILES string of the molecule is Cc1cc(-n2c(=N)nc(N)c3[nH]cnc32)n(C)n1. The Hall–Kier alpha value is -2.64. The molecule has 3 aromatic rings. The zero-order chi connectivity index (χ0) is 12.9. The minimum atomic E-state index is 0.0232. The Kier molecular flexibility index (Phi) is 2.00. The second-order valence-corrected chi connectivity index (χ2v) is 4.02. The summed E-state index contributed by atoms with van der Waals surface area (Å²) in [5.74, 6) is 0.991. The molecule has 0 aliphatic rings. The van der Waals surface area contributed by atoms with E-state index in [-0.39, 0.29) is 11.4 Å². The lowest BCUT2D eigenvalue weighted by Gasteiger charge is -2.08. The van der Waals surface area contributed by atoms with Crippen molar-refractivity contribution < 1.29 is 0 Å². The third-order valence-corrected chi connectivity index (χ3v) is 2.73. The molecule has 4 N–H and O–H groups in total. The highest BCUT2D eigenvalue weighted by molar-refractivity contribution is 5.82.